The molecule has 1 atom stereocenters. The van der Waals surface area contributed by atoms with Crippen molar-refractivity contribution < 1.29 is 9.53 Å². The number of carbonyl (C=O) groups excluding carboxylic acids is 1. The molecule has 4 heteroatoms. The van der Waals surface area contributed by atoms with Gasteiger partial charge in [0.15, 0.2) is 0 Å². The second-order valence-corrected chi connectivity index (χ2v) is 6.75. The summed E-state index contributed by atoms with van der Waals surface area (Å²) in [5.74, 6) is 0.741. The number of methoxy groups -OCH3 is 1. The fraction of sp³-hybridized carbons (Fsp3) is 0.941. The molecule has 0 aliphatic heterocycles. The van der Waals surface area contributed by atoms with Crippen LogP contribution < -0.4 is 5.32 Å². The first-order chi connectivity index (χ1) is 9.96. The minimum Gasteiger partial charge on any atom is -0.468 e. The number of rotatable bonds is 8. The van der Waals surface area contributed by atoms with E-state index in [2.05, 4.69) is 31.1 Å². The van der Waals surface area contributed by atoms with Gasteiger partial charge in [-0.3, -0.25) is 4.79 Å². The van der Waals surface area contributed by atoms with Crippen molar-refractivity contribution in [1.29, 1.82) is 0 Å². The van der Waals surface area contributed by atoms with Crippen LogP contribution in [0.25, 0.3) is 0 Å². The Morgan fingerprint density at radius 2 is 1.90 bits per heavy atom. The van der Waals surface area contributed by atoms with Gasteiger partial charge in [0.05, 0.1) is 7.11 Å². The zero-order valence-corrected chi connectivity index (χ0v) is 14.6. The van der Waals surface area contributed by atoms with Crippen LogP contribution in [0.5, 0.6) is 0 Å². The largest absolute Gasteiger partial charge is 0.468 e. The van der Waals surface area contributed by atoms with Crippen LogP contribution >= 0.6 is 0 Å². The number of carbonyl (C=O) groups is 1. The van der Waals surface area contributed by atoms with E-state index in [1.54, 1.807) is 0 Å². The number of hydrogen-bond acceptors (Lipinski definition) is 4. The summed E-state index contributed by atoms with van der Waals surface area (Å²) in [6, 6.07) is 0.597. The standard InChI is InChI=1S/C17H34N2O2/c1-6-12-18-17(3,16(20)21-5)13-19(4)15-10-8-14(7-2)9-11-15/h14-15,18H,6-13H2,1-5H3. The minimum absolute atomic E-state index is 0.162. The molecule has 1 aliphatic carbocycles. The van der Waals surface area contributed by atoms with Gasteiger partial charge in [-0.15, -0.1) is 0 Å². The topological polar surface area (TPSA) is 41.6 Å². The molecule has 21 heavy (non-hydrogen) atoms. The average Bonchev–Trinajstić information content (AvgIpc) is 2.52. The van der Waals surface area contributed by atoms with Crippen molar-refractivity contribution in [2.45, 2.75) is 70.9 Å². The predicted molar refractivity (Wildman–Crippen MR) is 87.4 cm³/mol. The molecule has 0 aromatic carbocycles. The fourth-order valence-electron chi connectivity index (χ4n) is 3.44. The third-order valence-corrected chi connectivity index (χ3v) is 4.98. The number of hydrogen-bond donors (Lipinski definition) is 1. The molecule has 0 bridgehead atoms. The molecule has 124 valence electrons. The molecular formula is C17H34N2O2. The summed E-state index contributed by atoms with van der Waals surface area (Å²) in [6.45, 7) is 7.91. The van der Waals surface area contributed by atoms with Crippen molar-refractivity contribution in [3.63, 3.8) is 0 Å². The second-order valence-electron chi connectivity index (χ2n) is 6.75. The Hall–Kier alpha value is -0.610. The molecule has 0 heterocycles. The Balaban J connectivity index is 2.59. The fourth-order valence-corrected chi connectivity index (χ4v) is 3.44. The lowest BCUT2D eigenvalue weighted by Crippen LogP contribution is -2.58. The highest BCUT2D eigenvalue weighted by atomic mass is 16.5. The van der Waals surface area contributed by atoms with Crippen LogP contribution in [0.4, 0.5) is 0 Å². The molecular weight excluding hydrogens is 264 g/mol. The third-order valence-electron chi connectivity index (χ3n) is 4.98. The van der Waals surface area contributed by atoms with Gasteiger partial charge in [-0.2, -0.15) is 0 Å². The minimum atomic E-state index is -0.610. The van der Waals surface area contributed by atoms with Crippen molar-refractivity contribution in [2.75, 3.05) is 27.2 Å². The summed E-state index contributed by atoms with van der Waals surface area (Å²) in [5, 5.41) is 3.37. The van der Waals surface area contributed by atoms with Crippen LogP contribution in [0.15, 0.2) is 0 Å². The summed E-state index contributed by atoms with van der Waals surface area (Å²) >= 11 is 0. The second kappa shape index (κ2) is 8.74. The third kappa shape index (κ3) is 5.26. The number of likely N-dealkylation sites (N-methyl/N-ethyl adjacent to an activating group) is 1. The summed E-state index contributed by atoms with van der Waals surface area (Å²) in [7, 11) is 3.62. The van der Waals surface area contributed by atoms with E-state index in [-0.39, 0.29) is 5.97 Å². The normalized spacial score (nSPS) is 25.6. The van der Waals surface area contributed by atoms with Crippen LogP contribution in [0.2, 0.25) is 0 Å². The highest BCUT2D eigenvalue weighted by Crippen LogP contribution is 2.29. The first-order valence-corrected chi connectivity index (χ1v) is 8.50. The van der Waals surface area contributed by atoms with Gasteiger partial charge in [-0.25, -0.2) is 0 Å². The maximum atomic E-state index is 12.1. The van der Waals surface area contributed by atoms with Crippen molar-refractivity contribution in [1.82, 2.24) is 10.2 Å². The number of nitrogens with zero attached hydrogens (tertiary/aromatic N) is 1. The number of ether oxygens (including phenoxy) is 1. The van der Waals surface area contributed by atoms with Gasteiger partial charge in [-0.05, 0) is 58.5 Å². The Morgan fingerprint density at radius 3 is 2.38 bits per heavy atom. The zero-order chi connectivity index (χ0) is 15.9. The summed E-state index contributed by atoms with van der Waals surface area (Å²) in [5.41, 5.74) is -0.610. The molecule has 1 rings (SSSR count). The van der Waals surface area contributed by atoms with Crippen LogP contribution in [0, 0.1) is 5.92 Å². The molecule has 1 unspecified atom stereocenters. The van der Waals surface area contributed by atoms with E-state index in [4.69, 9.17) is 4.74 Å². The summed E-state index contributed by atoms with van der Waals surface area (Å²) in [6.07, 6.45) is 7.46. The molecule has 0 amide bonds. The van der Waals surface area contributed by atoms with Gasteiger partial charge >= 0.3 is 5.97 Å². The molecule has 0 spiro atoms. The zero-order valence-electron chi connectivity index (χ0n) is 14.6. The van der Waals surface area contributed by atoms with E-state index >= 15 is 0 Å². The Labute approximate surface area is 130 Å². The van der Waals surface area contributed by atoms with Gasteiger partial charge in [0.2, 0.25) is 0 Å². The van der Waals surface area contributed by atoms with Crippen LogP contribution in [0.1, 0.15) is 59.3 Å². The predicted octanol–water partition coefficient (Wildman–Crippen LogP) is 2.82. The van der Waals surface area contributed by atoms with E-state index in [1.165, 1.54) is 39.2 Å². The van der Waals surface area contributed by atoms with Gasteiger partial charge in [0, 0.05) is 12.6 Å². The lowest BCUT2D eigenvalue weighted by atomic mass is 9.83. The Bertz CT molecular complexity index is 314. The highest BCUT2D eigenvalue weighted by Gasteiger charge is 2.36. The quantitative estimate of drug-likeness (QED) is 0.700. The Kier molecular flexibility index (Phi) is 7.67. The molecule has 0 radical (unpaired) electrons. The van der Waals surface area contributed by atoms with Gasteiger partial charge in [0.25, 0.3) is 0 Å². The molecule has 1 fully saturated rings. The molecule has 1 aliphatic rings. The molecule has 4 nitrogen and oxygen atoms in total. The van der Waals surface area contributed by atoms with E-state index in [1.807, 2.05) is 6.92 Å². The average molecular weight is 298 g/mol. The van der Waals surface area contributed by atoms with E-state index in [0.29, 0.717) is 12.6 Å². The molecule has 0 aromatic rings. The molecule has 1 N–H and O–H groups in total. The van der Waals surface area contributed by atoms with E-state index < -0.39 is 5.54 Å². The number of nitrogens with one attached hydrogen (secondary N) is 1. The first kappa shape index (κ1) is 18.4. The van der Waals surface area contributed by atoms with Gasteiger partial charge in [0.1, 0.15) is 5.54 Å². The maximum absolute atomic E-state index is 12.1. The lowest BCUT2D eigenvalue weighted by molar-refractivity contribution is -0.149. The van der Waals surface area contributed by atoms with Gasteiger partial charge in [-0.1, -0.05) is 20.3 Å². The first-order valence-electron chi connectivity index (χ1n) is 8.50. The SMILES string of the molecule is CCCNC(C)(CN(C)C1CCC(CC)CC1)C(=O)OC. The van der Waals surface area contributed by atoms with Crippen molar-refractivity contribution >= 4 is 5.97 Å². The van der Waals surface area contributed by atoms with Gasteiger partial charge < -0.3 is 15.0 Å². The van der Waals surface area contributed by atoms with Crippen LogP contribution in [-0.2, 0) is 9.53 Å². The van der Waals surface area contributed by atoms with Crippen molar-refractivity contribution in [3.05, 3.63) is 0 Å². The van der Waals surface area contributed by atoms with Crippen LogP contribution in [-0.4, -0.2) is 49.7 Å². The lowest BCUT2D eigenvalue weighted by Gasteiger charge is -2.39. The summed E-state index contributed by atoms with van der Waals surface area (Å²) < 4.78 is 5.01. The van der Waals surface area contributed by atoms with E-state index in [9.17, 15) is 4.79 Å². The smallest absolute Gasteiger partial charge is 0.327 e. The summed E-state index contributed by atoms with van der Waals surface area (Å²) in [4.78, 5) is 14.5. The molecule has 0 saturated heterocycles. The Morgan fingerprint density at radius 1 is 1.29 bits per heavy atom. The monoisotopic (exact) mass is 298 g/mol. The van der Waals surface area contributed by atoms with Crippen LogP contribution in [0.3, 0.4) is 0 Å². The van der Waals surface area contributed by atoms with E-state index in [0.717, 1.165) is 18.9 Å². The molecule has 0 aromatic heterocycles. The van der Waals surface area contributed by atoms with Crippen molar-refractivity contribution in [3.8, 4) is 0 Å². The maximum Gasteiger partial charge on any atom is 0.327 e. The van der Waals surface area contributed by atoms with Crippen molar-refractivity contribution in [2.24, 2.45) is 5.92 Å². The highest BCUT2D eigenvalue weighted by molar-refractivity contribution is 5.80. The molecule has 1 saturated carbocycles. The number of esters is 1.